The van der Waals surface area contributed by atoms with E-state index in [1.807, 2.05) is 18.2 Å². The summed E-state index contributed by atoms with van der Waals surface area (Å²) in [5.74, 6) is 1.37. The van der Waals surface area contributed by atoms with E-state index < -0.39 is 6.10 Å². The standard InChI is InChI=1S/C20H35NO2/c1-8-15(2)17-11-9-10-12-18(17)23-14-16(22)13-21-20(6,7)19(3,4)5/h9-12,15-16,21-22H,8,13-14H2,1-7H3/p+1/t15-,16-/m1/s1. The maximum absolute atomic E-state index is 10.3. The van der Waals surface area contributed by atoms with Crippen LogP contribution in [0.1, 0.15) is 66.4 Å². The molecule has 0 aliphatic heterocycles. The third-order valence-electron chi connectivity index (χ3n) is 5.33. The Labute approximate surface area is 142 Å². The van der Waals surface area contributed by atoms with E-state index in [0.29, 0.717) is 19.1 Å². The highest BCUT2D eigenvalue weighted by Crippen LogP contribution is 2.28. The molecule has 0 heterocycles. The molecule has 1 aromatic carbocycles. The summed E-state index contributed by atoms with van der Waals surface area (Å²) in [6.45, 7) is 16.5. The van der Waals surface area contributed by atoms with Gasteiger partial charge in [-0.3, -0.25) is 0 Å². The molecule has 1 aromatic rings. The Hall–Kier alpha value is -1.06. The molecule has 0 saturated heterocycles. The van der Waals surface area contributed by atoms with Gasteiger partial charge in [-0.15, -0.1) is 0 Å². The molecule has 3 N–H and O–H groups in total. The minimum Gasteiger partial charge on any atom is -0.490 e. The molecule has 0 fully saturated rings. The normalized spacial score (nSPS) is 15.3. The van der Waals surface area contributed by atoms with Crippen molar-refractivity contribution < 1.29 is 15.2 Å². The molecule has 132 valence electrons. The van der Waals surface area contributed by atoms with Crippen molar-refractivity contribution in [2.24, 2.45) is 5.41 Å². The van der Waals surface area contributed by atoms with Crippen molar-refractivity contribution in [3.63, 3.8) is 0 Å². The Morgan fingerprint density at radius 1 is 1.13 bits per heavy atom. The first-order valence-corrected chi connectivity index (χ1v) is 8.82. The van der Waals surface area contributed by atoms with Crippen LogP contribution >= 0.6 is 0 Å². The van der Waals surface area contributed by atoms with Crippen LogP contribution in [0.25, 0.3) is 0 Å². The predicted molar refractivity (Wildman–Crippen MR) is 97.0 cm³/mol. The molecule has 0 saturated carbocycles. The van der Waals surface area contributed by atoms with Gasteiger partial charge in [-0.2, -0.15) is 0 Å². The molecule has 2 atom stereocenters. The van der Waals surface area contributed by atoms with Crippen molar-refractivity contribution in [2.45, 2.75) is 72.4 Å². The van der Waals surface area contributed by atoms with E-state index >= 15 is 0 Å². The molecular formula is C20H36NO2+. The Bertz CT molecular complexity index is 477. The summed E-state index contributed by atoms with van der Waals surface area (Å²) in [5, 5.41) is 12.5. The van der Waals surface area contributed by atoms with Crippen LogP contribution in [-0.4, -0.2) is 29.9 Å². The number of aliphatic hydroxyl groups is 1. The second-order valence-corrected chi connectivity index (χ2v) is 8.22. The fraction of sp³-hybridized carbons (Fsp3) is 0.700. The Kier molecular flexibility index (Phi) is 7.09. The van der Waals surface area contributed by atoms with Crippen LogP contribution in [0.4, 0.5) is 0 Å². The minimum atomic E-state index is -0.471. The summed E-state index contributed by atoms with van der Waals surface area (Å²) >= 11 is 0. The molecule has 0 aromatic heterocycles. The fourth-order valence-corrected chi connectivity index (χ4v) is 2.23. The van der Waals surface area contributed by atoms with Gasteiger partial charge in [-0.05, 0) is 37.8 Å². The summed E-state index contributed by atoms with van der Waals surface area (Å²) in [4.78, 5) is 0. The van der Waals surface area contributed by atoms with Gasteiger partial charge in [0.05, 0.1) is 5.54 Å². The lowest BCUT2D eigenvalue weighted by Gasteiger charge is -2.36. The van der Waals surface area contributed by atoms with Crippen molar-refractivity contribution in [1.29, 1.82) is 0 Å². The molecule has 0 unspecified atom stereocenters. The smallest absolute Gasteiger partial charge is 0.137 e. The molecule has 23 heavy (non-hydrogen) atoms. The zero-order valence-corrected chi connectivity index (χ0v) is 16.0. The number of hydrogen-bond acceptors (Lipinski definition) is 2. The average molecular weight is 323 g/mol. The number of rotatable bonds is 8. The van der Waals surface area contributed by atoms with Gasteiger partial charge in [0, 0.05) is 5.41 Å². The molecule has 0 aliphatic rings. The maximum Gasteiger partial charge on any atom is 0.137 e. The monoisotopic (exact) mass is 322 g/mol. The summed E-state index contributed by atoms with van der Waals surface area (Å²) in [5.41, 5.74) is 1.47. The van der Waals surface area contributed by atoms with Crippen molar-refractivity contribution >= 4 is 0 Å². The molecule has 1 rings (SSSR count). The van der Waals surface area contributed by atoms with E-state index in [1.54, 1.807) is 0 Å². The fourth-order valence-electron chi connectivity index (χ4n) is 2.23. The van der Waals surface area contributed by atoms with E-state index in [0.717, 1.165) is 12.2 Å². The van der Waals surface area contributed by atoms with Crippen LogP contribution in [0, 0.1) is 5.41 Å². The largest absolute Gasteiger partial charge is 0.490 e. The molecule has 0 bridgehead atoms. The molecule has 0 amide bonds. The SMILES string of the molecule is CC[C@@H](C)c1ccccc1OC[C@H](O)C[NH2+]C(C)(C)C(C)(C)C. The number of nitrogens with two attached hydrogens (primary N) is 1. The van der Waals surface area contributed by atoms with Gasteiger partial charge in [0.2, 0.25) is 0 Å². The maximum atomic E-state index is 10.3. The van der Waals surface area contributed by atoms with Gasteiger partial charge < -0.3 is 15.2 Å². The van der Waals surface area contributed by atoms with Crippen molar-refractivity contribution in [1.82, 2.24) is 0 Å². The van der Waals surface area contributed by atoms with E-state index in [-0.39, 0.29) is 11.0 Å². The molecule has 0 aliphatic carbocycles. The molecular weight excluding hydrogens is 286 g/mol. The predicted octanol–water partition coefficient (Wildman–Crippen LogP) is 3.33. The van der Waals surface area contributed by atoms with E-state index in [4.69, 9.17) is 4.74 Å². The first-order valence-electron chi connectivity index (χ1n) is 8.82. The summed E-state index contributed by atoms with van der Waals surface area (Å²) in [7, 11) is 0. The number of hydrogen-bond donors (Lipinski definition) is 2. The number of quaternary nitrogens is 1. The highest BCUT2D eigenvalue weighted by atomic mass is 16.5. The van der Waals surface area contributed by atoms with Gasteiger partial charge >= 0.3 is 0 Å². The van der Waals surface area contributed by atoms with Gasteiger partial charge in [0.15, 0.2) is 0 Å². The lowest BCUT2D eigenvalue weighted by Crippen LogP contribution is -2.99. The zero-order chi connectivity index (χ0) is 17.7. The van der Waals surface area contributed by atoms with Crippen LogP contribution in [0.5, 0.6) is 5.75 Å². The van der Waals surface area contributed by atoms with E-state index in [1.165, 1.54) is 5.56 Å². The lowest BCUT2D eigenvalue weighted by molar-refractivity contribution is -0.738. The number of para-hydroxylation sites is 1. The highest BCUT2D eigenvalue weighted by Gasteiger charge is 2.36. The molecule has 0 radical (unpaired) electrons. The summed E-state index contributed by atoms with van der Waals surface area (Å²) < 4.78 is 5.90. The van der Waals surface area contributed by atoms with E-state index in [2.05, 4.69) is 59.8 Å². The molecule has 3 nitrogen and oxygen atoms in total. The van der Waals surface area contributed by atoms with Crippen molar-refractivity contribution in [2.75, 3.05) is 13.2 Å². The Morgan fingerprint density at radius 2 is 1.74 bits per heavy atom. The van der Waals surface area contributed by atoms with Gasteiger partial charge in [0.25, 0.3) is 0 Å². The van der Waals surface area contributed by atoms with Crippen LogP contribution in [0.3, 0.4) is 0 Å². The van der Waals surface area contributed by atoms with Gasteiger partial charge in [-0.1, -0.05) is 52.8 Å². The molecule has 3 heteroatoms. The number of aliphatic hydroxyl groups excluding tert-OH is 1. The third-order valence-corrected chi connectivity index (χ3v) is 5.33. The second kappa shape index (κ2) is 8.16. The van der Waals surface area contributed by atoms with Crippen LogP contribution < -0.4 is 10.1 Å². The zero-order valence-electron chi connectivity index (χ0n) is 16.0. The number of ether oxygens (including phenoxy) is 1. The number of benzene rings is 1. The lowest BCUT2D eigenvalue weighted by atomic mass is 9.76. The van der Waals surface area contributed by atoms with Crippen LogP contribution in [0.15, 0.2) is 24.3 Å². The van der Waals surface area contributed by atoms with Crippen LogP contribution in [-0.2, 0) is 0 Å². The summed E-state index contributed by atoms with van der Waals surface area (Å²) in [6, 6.07) is 8.15. The van der Waals surface area contributed by atoms with Crippen molar-refractivity contribution in [3.8, 4) is 5.75 Å². The van der Waals surface area contributed by atoms with E-state index in [9.17, 15) is 5.11 Å². The second-order valence-electron chi connectivity index (χ2n) is 8.22. The average Bonchev–Trinajstić information content (AvgIpc) is 2.49. The first kappa shape index (κ1) is 20.0. The topological polar surface area (TPSA) is 46.1 Å². The summed E-state index contributed by atoms with van der Waals surface area (Å²) in [6.07, 6.45) is 0.609. The van der Waals surface area contributed by atoms with Gasteiger partial charge in [-0.25, -0.2) is 0 Å². The Balaban J connectivity index is 2.56. The first-order chi connectivity index (χ1) is 10.6. The van der Waals surface area contributed by atoms with Crippen molar-refractivity contribution in [3.05, 3.63) is 29.8 Å². The Morgan fingerprint density at radius 3 is 2.30 bits per heavy atom. The quantitative estimate of drug-likeness (QED) is 0.771. The minimum absolute atomic E-state index is 0.0720. The van der Waals surface area contributed by atoms with Crippen LogP contribution in [0.2, 0.25) is 0 Å². The van der Waals surface area contributed by atoms with Gasteiger partial charge in [0.1, 0.15) is 25.0 Å². The third kappa shape index (κ3) is 5.82. The molecule has 0 spiro atoms. The highest BCUT2D eigenvalue weighted by molar-refractivity contribution is 5.35.